The van der Waals surface area contributed by atoms with E-state index in [2.05, 4.69) is 56.1 Å². The van der Waals surface area contributed by atoms with E-state index in [-0.39, 0.29) is 17.9 Å². The highest BCUT2D eigenvalue weighted by Crippen LogP contribution is 2.26. The molecule has 3 aromatic rings. The molecule has 0 saturated heterocycles. The fourth-order valence-electron chi connectivity index (χ4n) is 2.78. The Balaban J connectivity index is 1.76. The van der Waals surface area contributed by atoms with E-state index >= 15 is 0 Å². The first-order valence-corrected chi connectivity index (χ1v) is 9.78. The maximum Gasteiger partial charge on any atom is 0.263 e. The van der Waals surface area contributed by atoms with Crippen LogP contribution in [0.2, 0.25) is 0 Å². The monoisotopic (exact) mass is 392 g/mol. The van der Waals surface area contributed by atoms with E-state index in [9.17, 15) is 4.79 Å². The first-order valence-electron chi connectivity index (χ1n) is 9.78. The lowest BCUT2D eigenvalue weighted by molar-refractivity contribution is -0.118. The highest BCUT2D eigenvalue weighted by atomic mass is 16.5. The number of pyridine rings is 1. The Morgan fingerprint density at radius 3 is 2.59 bits per heavy atom. The molecule has 0 fully saturated rings. The molecule has 1 N–H and O–H groups in total. The minimum absolute atomic E-state index is 0.0835. The molecule has 1 amide bonds. The molecule has 0 bridgehead atoms. The Labute approximate surface area is 171 Å². The van der Waals surface area contributed by atoms with Crippen molar-refractivity contribution in [2.24, 2.45) is 0 Å². The van der Waals surface area contributed by atoms with Crippen molar-refractivity contribution < 1.29 is 9.53 Å². The molecule has 2 aromatic heterocycles. The van der Waals surface area contributed by atoms with Crippen molar-refractivity contribution >= 4 is 11.7 Å². The van der Waals surface area contributed by atoms with Crippen LogP contribution >= 0.6 is 0 Å². The van der Waals surface area contributed by atoms with Crippen molar-refractivity contribution in [3.63, 3.8) is 0 Å². The summed E-state index contributed by atoms with van der Waals surface area (Å²) in [4.78, 5) is 16.9. The van der Waals surface area contributed by atoms with E-state index in [0.29, 0.717) is 23.3 Å². The molecular weight excluding hydrogens is 364 g/mol. The molecule has 0 radical (unpaired) electrons. The fourth-order valence-corrected chi connectivity index (χ4v) is 2.78. The topological polar surface area (TPSA) is 69.0 Å². The number of rotatable bonds is 6. The Morgan fingerprint density at radius 2 is 1.93 bits per heavy atom. The number of carbonyl (C=O) groups excluding carboxylic acids is 1. The van der Waals surface area contributed by atoms with Crippen LogP contribution in [0.25, 0.3) is 5.82 Å². The van der Waals surface area contributed by atoms with Gasteiger partial charge < -0.3 is 10.1 Å². The standard InChI is InChI=1S/C23H28N4O2/c1-16(2)17-9-8-10-18(13-17)29-15-22(28)25-21-14-19(23(3,4)5)26-27(21)20-11-6-7-12-24-20/h6-14,16H,15H2,1-5H3,(H,25,28). The summed E-state index contributed by atoms with van der Waals surface area (Å²) < 4.78 is 7.34. The Morgan fingerprint density at radius 1 is 1.14 bits per heavy atom. The zero-order chi connectivity index (χ0) is 21.0. The molecule has 0 aliphatic heterocycles. The molecule has 6 nitrogen and oxygen atoms in total. The molecule has 2 heterocycles. The third-order valence-corrected chi connectivity index (χ3v) is 4.51. The van der Waals surface area contributed by atoms with Crippen LogP contribution in [0.3, 0.4) is 0 Å². The van der Waals surface area contributed by atoms with Gasteiger partial charge in [-0.05, 0) is 35.7 Å². The van der Waals surface area contributed by atoms with Crippen molar-refractivity contribution in [2.45, 2.75) is 46.0 Å². The number of anilines is 1. The number of ether oxygens (including phenoxy) is 1. The van der Waals surface area contributed by atoms with Gasteiger partial charge in [0.2, 0.25) is 0 Å². The Hall–Kier alpha value is -3.15. The number of benzene rings is 1. The number of amides is 1. The third-order valence-electron chi connectivity index (χ3n) is 4.51. The van der Waals surface area contributed by atoms with E-state index in [0.717, 1.165) is 5.69 Å². The summed E-state index contributed by atoms with van der Waals surface area (Å²) in [5.41, 5.74) is 1.88. The first-order chi connectivity index (χ1) is 13.7. The lowest BCUT2D eigenvalue weighted by atomic mass is 9.92. The first kappa shape index (κ1) is 20.6. The van der Waals surface area contributed by atoms with Gasteiger partial charge in [-0.1, -0.05) is 52.8 Å². The van der Waals surface area contributed by atoms with Gasteiger partial charge in [0.1, 0.15) is 11.6 Å². The van der Waals surface area contributed by atoms with Crippen LogP contribution in [0.1, 0.15) is 51.8 Å². The molecule has 29 heavy (non-hydrogen) atoms. The molecule has 0 atom stereocenters. The number of hydrogen-bond acceptors (Lipinski definition) is 4. The fraction of sp³-hybridized carbons (Fsp3) is 0.348. The van der Waals surface area contributed by atoms with Gasteiger partial charge in [-0.15, -0.1) is 0 Å². The molecule has 152 valence electrons. The van der Waals surface area contributed by atoms with Gasteiger partial charge in [0.05, 0.1) is 5.69 Å². The second-order valence-electron chi connectivity index (χ2n) is 8.33. The number of hydrogen-bond donors (Lipinski definition) is 1. The van der Waals surface area contributed by atoms with Crippen molar-refractivity contribution in [1.29, 1.82) is 0 Å². The molecule has 0 saturated carbocycles. The molecule has 3 rings (SSSR count). The van der Waals surface area contributed by atoms with Crippen molar-refractivity contribution in [2.75, 3.05) is 11.9 Å². The average Bonchev–Trinajstić information content (AvgIpc) is 3.11. The molecule has 1 aromatic carbocycles. The largest absolute Gasteiger partial charge is 0.484 e. The number of aromatic nitrogens is 3. The minimum atomic E-state index is -0.252. The summed E-state index contributed by atoms with van der Waals surface area (Å²) in [5.74, 6) is 2.04. The van der Waals surface area contributed by atoms with Crippen LogP contribution in [0.4, 0.5) is 5.82 Å². The van der Waals surface area contributed by atoms with E-state index < -0.39 is 0 Å². The molecule has 0 aliphatic rings. The summed E-state index contributed by atoms with van der Waals surface area (Å²) in [7, 11) is 0. The van der Waals surface area contributed by atoms with Gasteiger partial charge in [0.15, 0.2) is 12.4 Å². The van der Waals surface area contributed by atoms with E-state index in [1.165, 1.54) is 5.56 Å². The number of nitrogens with zero attached hydrogens (tertiary/aromatic N) is 3. The summed E-state index contributed by atoms with van der Waals surface area (Å²) >= 11 is 0. The summed E-state index contributed by atoms with van der Waals surface area (Å²) in [6.45, 7) is 10.4. The van der Waals surface area contributed by atoms with Gasteiger partial charge >= 0.3 is 0 Å². The molecule has 6 heteroatoms. The molecule has 0 unspecified atom stereocenters. The van der Waals surface area contributed by atoms with Crippen LogP contribution in [0.5, 0.6) is 5.75 Å². The van der Waals surface area contributed by atoms with Gasteiger partial charge in [-0.3, -0.25) is 4.79 Å². The summed E-state index contributed by atoms with van der Waals surface area (Å²) in [6, 6.07) is 15.3. The van der Waals surface area contributed by atoms with Gasteiger partial charge in [-0.2, -0.15) is 9.78 Å². The third kappa shape index (κ3) is 5.22. The second-order valence-corrected chi connectivity index (χ2v) is 8.33. The molecule has 0 aliphatic carbocycles. The maximum atomic E-state index is 12.5. The van der Waals surface area contributed by atoms with Crippen LogP contribution < -0.4 is 10.1 Å². The Bertz CT molecular complexity index is 972. The zero-order valence-corrected chi connectivity index (χ0v) is 17.6. The second kappa shape index (κ2) is 8.47. The van der Waals surface area contributed by atoms with Crippen LogP contribution in [0, 0.1) is 0 Å². The molecular formula is C23H28N4O2. The van der Waals surface area contributed by atoms with Crippen LogP contribution in [0.15, 0.2) is 54.7 Å². The van der Waals surface area contributed by atoms with Gasteiger partial charge in [-0.25, -0.2) is 4.98 Å². The smallest absolute Gasteiger partial charge is 0.263 e. The van der Waals surface area contributed by atoms with Crippen LogP contribution in [-0.4, -0.2) is 27.3 Å². The van der Waals surface area contributed by atoms with E-state index in [1.54, 1.807) is 10.9 Å². The van der Waals surface area contributed by atoms with Crippen molar-refractivity contribution in [1.82, 2.24) is 14.8 Å². The minimum Gasteiger partial charge on any atom is -0.484 e. The lowest BCUT2D eigenvalue weighted by Gasteiger charge is -2.13. The normalized spacial score (nSPS) is 11.5. The predicted octanol–water partition coefficient (Wildman–Crippen LogP) is 4.71. The van der Waals surface area contributed by atoms with Crippen molar-refractivity contribution in [3.05, 3.63) is 66.0 Å². The summed E-state index contributed by atoms with van der Waals surface area (Å²) in [6.07, 6.45) is 1.70. The van der Waals surface area contributed by atoms with E-state index in [4.69, 9.17) is 4.74 Å². The highest BCUT2D eigenvalue weighted by Gasteiger charge is 2.22. The average molecular weight is 393 g/mol. The van der Waals surface area contributed by atoms with Crippen LogP contribution in [-0.2, 0) is 10.2 Å². The lowest BCUT2D eigenvalue weighted by Crippen LogP contribution is -2.22. The van der Waals surface area contributed by atoms with Gasteiger partial charge in [0, 0.05) is 17.7 Å². The van der Waals surface area contributed by atoms with Crippen molar-refractivity contribution in [3.8, 4) is 11.6 Å². The SMILES string of the molecule is CC(C)c1cccc(OCC(=O)Nc2cc(C(C)(C)C)nn2-c2ccccn2)c1. The number of carbonyl (C=O) groups is 1. The quantitative estimate of drug-likeness (QED) is 0.660. The Kier molecular flexibility index (Phi) is 6.01. The summed E-state index contributed by atoms with van der Waals surface area (Å²) in [5, 5.41) is 7.56. The highest BCUT2D eigenvalue weighted by molar-refractivity contribution is 5.91. The maximum absolute atomic E-state index is 12.5. The molecule has 0 spiro atoms. The van der Waals surface area contributed by atoms with E-state index in [1.807, 2.05) is 42.5 Å². The predicted molar refractivity (Wildman–Crippen MR) is 115 cm³/mol. The van der Waals surface area contributed by atoms with Gasteiger partial charge in [0.25, 0.3) is 5.91 Å². The zero-order valence-electron chi connectivity index (χ0n) is 17.6. The number of nitrogens with one attached hydrogen (secondary N) is 1.